The summed E-state index contributed by atoms with van der Waals surface area (Å²) in [4.78, 5) is 0. The van der Waals surface area contributed by atoms with Crippen LogP contribution in [-0.4, -0.2) is 13.0 Å². The first-order chi connectivity index (χ1) is 2.56. The zero-order valence-corrected chi connectivity index (χ0v) is 5.43. The van der Waals surface area contributed by atoms with Crippen LogP contribution in [0.4, 0.5) is 0 Å². The highest BCUT2D eigenvalue weighted by Crippen LogP contribution is 2.00. The molecule has 0 unspecified atom stereocenters. The first-order valence-electron chi connectivity index (χ1n) is 0.825. The summed E-state index contributed by atoms with van der Waals surface area (Å²) in [5.74, 6) is 0. The molecule has 0 saturated heterocycles. The van der Waals surface area contributed by atoms with Gasteiger partial charge in [0.05, 0.1) is 0 Å². The number of halogens is 1. The van der Waals surface area contributed by atoms with E-state index < -0.39 is 27.1 Å². The lowest BCUT2D eigenvalue weighted by molar-refractivity contribution is 0.505. The Morgan fingerprint density at radius 3 is 1.67 bits per heavy atom. The summed E-state index contributed by atoms with van der Waals surface area (Å²) in [6.07, 6.45) is 0. The fraction of sp³-hybridized carbons (Fsp3) is 0. The lowest BCUT2D eigenvalue weighted by Crippen LogP contribution is -1.78. The van der Waals surface area contributed by atoms with Crippen molar-refractivity contribution >= 4 is 27.1 Å². The maximum Gasteiger partial charge on any atom is 0.351 e. The molecule has 6 heteroatoms. The van der Waals surface area contributed by atoms with Crippen LogP contribution in [0.1, 0.15) is 0 Å². The Hall–Kier alpha value is 0.440. The highest BCUT2D eigenvalue weighted by molar-refractivity contribution is 14.2. The Balaban J connectivity index is 4.25. The SMILES string of the molecule is O=IS(=O)(=O)O. The van der Waals surface area contributed by atoms with E-state index in [0.29, 0.717) is 0 Å². The fourth-order valence-electron chi connectivity index (χ4n) is 0. The van der Waals surface area contributed by atoms with E-state index >= 15 is 0 Å². The van der Waals surface area contributed by atoms with Crippen molar-refractivity contribution in [2.45, 2.75) is 0 Å². The van der Waals surface area contributed by atoms with Crippen LogP contribution in [-0.2, 0) is 10.4 Å². The van der Waals surface area contributed by atoms with Crippen LogP contribution in [0.15, 0.2) is 0 Å². The average molecular weight is 224 g/mol. The van der Waals surface area contributed by atoms with Gasteiger partial charge in [-0.2, -0.15) is 8.42 Å². The van der Waals surface area contributed by atoms with E-state index in [-0.39, 0.29) is 0 Å². The molecule has 0 heterocycles. The maximum atomic E-state index is 9.29. The zero-order chi connectivity index (χ0) is 5.21. The Morgan fingerprint density at radius 1 is 1.50 bits per heavy atom. The largest absolute Gasteiger partial charge is 0.351 e. The Bertz CT molecular complexity index is 118. The minimum atomic E-state index is -4.11. The lowest BCUT2D eigenvalue weighted by Gasteiger charge is -1.66. The van der Waals surface area contributed by atoms with Crippen LogP contribution in [0.2, 0.25) is 0 Å². The molecule has 0 aromatic carbocycles. The highest BCUT2D eigenvalue weighted by Gasteiger charge is 1.97. The fourth-order valence-corrected chi connectivity index (χ4v) is 0. The minimum Gasteiger partial charge on any atom is -0.276 e. The third kappa shape index (κ3) is 4.44. The average Bonchev–Trinajstić information content (AvgIpc) is 1.35. The summed E-state index contributed by atoms with van der Waals surface area (Å²) in [7, 11) is -4.11. The lowest BCUT2D eigenvalue weighted by atomic mass is 15.9. The van der Waals surface area contributed by atoms with Gasteiger partial charge in [-0.05, 0) is 0 Å². The maximum absolute atomic E-state index is 9.29. The van der Waals surface area contributed by atoms with Crippen molar-refractivity contribution in [1.82, 2.24) is 0 Å². The number of hydrogen-bond acceptors (Lipinski definition) is 3. The Labute approximate surface area is 43.4 Å². The van der Waals surface area contributed by atoms with Gasteiger partial charge in [0, 0.05) is 0 Å². The van der Waals surface area contributed by atoms with Crippen LogP contribution < -0.4 is 0 Å². The standard InChI is InChI=1S/HIO4S/c2-1-6(3,4)5/h(H,3,4,5). The van der Waals surface area contributed by atoms with E-state index in [1.165, 1.54) is 0 Å². The summed E-state index contributed by atoms with van der Waals surface area (Å²) >= 11 is -2.26. The topological polar surface area (TPSA) is 71.4 Å². The third-order valence-electron chi connectivity index (χ3n) is 0.0796. The van der Waals surface area contributed by atoms with E-state index in [0.717, 1.165) is 0 Å². The second-order valence-electron chi connectivity index (χ2n) is 0.475. The monoisotopic (exact) mass is 224 g/mol. The van der Waals surface area contributed by atoms with Crippen LogP contribution >= 0.6 is 19.8 Å². The van der Waals surface area contributed by atoms with Gasteiger partial charge in [-0.15, -0.1) is 0 Å². The van der Waals surface area contributed by atoms with Gasteiger partial charge in [-0.1, -0.05) is 0 Å². The van der Waals surface area contributed by atoms with Crippen LogP contribution in [0.25, 0.3) is 0 Å². The minimum absolute atomic E-state index is 2.26. The van der Waals surface area contributed by atoms with Crippen molar-refractivity contribution in [2.75, 3.05) is 0 Å². The highest BCUT2D eigenvalue weighted by atomic mass is 127. The molecule has 38 valence electrons. The van der Waals surface area contributed by atoms with Gasteiger partial charge in [0.25, 0.3) is 0 Å². The van der Waals surface area contributed by atoms with E-state index in [1.807, 2.05) is 0 Å². The van der Waals surface area contributed by atoms with Crippen molar-refractivity contribution in [3.05, 3.63) is 0 Å². The predicted molar refractivity (Wildman–Crippen MR) is 26.3 cm³/mol. The van der Waals surface area contributed by atoms with E-state index in [2.05, 4.69) is 0 Å². The molecule has 0 amide bonds. The summed E-state index contributed by atoms with van der Waals surface area (Å²) in [6.45, 7) is 0. The quantitative estimate of drug-likeness (QED) is 0.389. The molecule has 0 aliphatic rings. The van der Waals surface area contributed by atoms with Gasteiger partial charge in [0.15, 0.2) is 0 Å². The first kappa shape index (κ1) is 6.44. The summed E-state index contributed by atoms with van der Waals surface area (Å²) in [6, 6.07) is 0. The molecule has 0 atom stereocenters. The molecule has 0 aliphatic heterocycles. The number of rotatable bonds is 1. The van der Waals surface area contributed by atoms with Crippen molar-refractivity contribution < 1.29 is 16.0 Å². The Morgan fingerprint density at radius 2 is 1.67 bits per heavy atom. The molecular weight excluding hydrogens is 223 g/mol. The number of hydrogen-bond donors (Lipinski definition) is 1. The van der Waals surface area contributed by atoms with E-state index in [4.69, 9.17) is 4.55 Å². The van der Waals surface area contributed by atoms with Crippen LogP contribution in [0.5, 0.6) is 0 Å². The molecule has 0 spiro atoms. The zero-order valence-electron chi connectivity index (χ0n) is 2.46. The molecule has 6 heavy (non-hydrogen) atoms. The third-order valence-corrected chi connectivity index (χ3v) is 1.60. The molecule has 0 aromatic rings. The van der Waals surface area contributed by atoms with E-state index in [9.17, 15) is 11.5 Å². The van der Waals surface area contributed by atoms with Crippen molar-refractivity contribution in [3.8, 4) is 0 Å². The summed E-state index contributed by atoms with van der Waals surface area (Å²) in [5.41, 5.74) is 0. The van der Waals surface area contributed by atoms with Gasteiger partial charge < -0.3 is 0 Å². The van der Waals surface area contributed by atoms with Crippen molar-refractivity contribution in [3.63, 3.8) is 0 Å². The summed E-state index contributed by atoms with van der Waals surface area (Å²) < 4.78 is 35.3. The molecule has 1 N–H and O–H groups in total. The molecule has 4 nitrogen and oxygen atoms in total. The van der Waals surface area contributed by atoms with Crippen LogP contribution in [0.3, 0.4) is 0 Å². The molecule has 0 fully saturated rings. The second kappa shape index (κ2) is 1.94. The molecule has 0 aliphatic carbocycles. The second-order valence-corrected chi connectivity index (χ2v) is 5.84. The molecule has 0 radical (unpaired) electrons. The smallest absolute Gasteiger partial charge is 0.276 e. The molecule has 0 aromatic heterocycles. The predicted octanol–water partition coefficient (Wildman–Crippen LogP) is 0.105. The normalized spacial score (nSPS) is 11.5. The van der Waals surface area contributed by atoms with Crippen molar-refractivity contribution in [2.24, 2.45) is 0 Å². The summed E-state index contributed by atoms with van der Waals surface area (Å²) in [5, 5.41) is 0. The van der Waals surface area contributed by atoms with Gasteiger partial charge in [0.1, 0.15) is 0 Å². The van der Waals surface area contributed by atoms with Gasteiger partial charge in [-0.25, -0.2) is 0 Å². The molecular formula is HIO4S. The van der Waals surface area contributed by atoms with Crippen molar-refractivity contribution in [1.29, 1.82) is 0 Å². The molecule has 0 rings (SSSR count). The van der Waals surface area contributed by atoms with E-state index in [1.54, 1.807) is 0 Å². The first-order valence-corrected chi connectivity index (χ1v) is 5.69. The Kier molecular flexibility index (Phi) is 2.08. The molecule has 0 saturated carbocycles. The van der Waals surface area contributed by atoms with Gasteiger partial charge in [0.2, 0.25) is 0 Å². The van der Waals surface area contributed by atoms with Crippen LogP contribution in [0, 0.1) is 0 Å². The van der Waals surface area contributed by atoms with Gasteiger partial charge in [-0.3, -0.25) is 7.62 Å². The molecule has 0 bridgehead atoms. The van der Waals surface area contributed by atoms with Gasteiger partial charge >= 0.3 is 27.1 Å².